The molecule has 0 saturated heterocycles. The van der Waals surface area contributed by atoms with Crippen LogP contribution in [0.2, 0.25) is 0 Å². The van der Waals surface area contributed by atoms with Gasteiger partial charge in [0.1, 0.15) is 5.75 Å². The Morgan fingerprint density at radius 2 is 1.96 bits per heavy atom. The molecule has 0 amide bonds. The first kappa shape index (κ1) is 17.4. The lowest BCUT2D eigenvalue weighted by Gasteiger charge is -2.30. The number of ether oxygens (including phenoxy) is 1. The van der Waals surface area contributed by atoms with Gasteiger partial charge >= 0.3 is 12.1 Å². The summed E-state index contributed by atoms with van der Waals surface area (Å²) in [7, 11) is 0. The van der Waals surface area contributed by atoms with E-state index in [1.54, 1.807) is 12.1 Å². The molecule has 1 N–H and O–H groups in total. The van der Waals surface area contributed by atoms with Gasteiger partial charge in [-0.25, -0.2) is 4.79 Å². The van der Waals surface area contributed by atoms with Crippen molar-refractivity contribution in [2.45, 2.75) is 51.3 Å². The highest BCUT2D eigenvalue weighted by atomic mass is 19.4. The normalized spacial score (nSPS) is 18.0. The van der Waals surface area contributed by atoms with Crippen LogP contribution in [0.15, 0.2) is 23.8 Å². The number of benzene rings is 1. The van der Waals surface area contributed by atoms with Crippen molar-refractivity contribution in [3.05, 3.63) is 34.9 Å². The molecule has 0 fully saturated rings. The van der Waals surface area contributed by atoms with Crippen LogP contribution in [0.5, 0.6) is 5.75 Å². The van der Waals surface area contributed by atoms with Gasteiger partial charge in [0.2, 0.25) is 6.10 Å². The van der Waals surface area contributed by atoms with E-state index in [1.807, 2.05) is 26.8 Å². The number of aliphatic carboxylic acids is 1. The van der Waals surface area contributed by atoms with E-state index in [0.29, 0.717) is 5.56 Å². The Morgan fingerprint density at radius 1 is 1.30 bits per heavy atom. The summed E-state index contributed by atoms with van der Waals surface area (Å²) in [6, 6.07) is 5.00. The minimum absolute atomic E-state index is 0.0685. The van der Waals surface area contributed by atoms with Gasteiger partial charge in [-0.05, 0) is 29.5 Å². The molecule has 0 saturated carbocycles. The van der Waals surface area contributed by atoms with Crippen molar-refractivity contribution in [2.75, 3.05) is 0 Å². The van der Waals surface area contributed by atoms with Crippen molar-refractivity contribution < 1.29 is 27.8 Å². The molecule has 3 nitrogen and oxygen atoms in total. The molecule has 6 heteroatoms. The summed E-state index contributed by atoms with van der Waals surface area (Å²) in [6.07, 6.45) is -4.37. The Morgan fingerprint density at radius 3 is 2.48 bits per heavy atom. The third-order valence-electron chi connectivity index (χ3n) is 4.05. The van der Waals surface area contributed by atoms with Gasteiger partial charge in [-0.2, -0.15) is 13.2 Å². The van der Waals surface area contributed by atoms with Gasteiger partial charge in [0.25, 0.3) is 0 Å². The van der Waals surface area contributed by atoms with Crippen LogP contribution in [-0.2, 0) is 10.2 Å². The molecule has 1 aliphatic rings. The second-order valence-electron chi connectivity index (χ2n) is 6.33. The molecule has 0 aliphatic carbocycles. The summed E-state index contributed by atoms with van der Waals surface area (Å²) in [6.45, 7) is 6.07. The molecular formula is C17H19F3O3. The topological polar surface area (TPSA) is 46.5 Å². The Bertz CT molecular complexity index is 645. The van der Waals surface area contributed by atoms with E-state index >= 15 is 0 Å². The van der Waals surface area contributed by atoms with Crippen LogP contribution < -0.4 is 4.74 Å². The predicted octanol–water partition coefficient (Wildman–Crippen LogP) is 4.56. The molecule has 2 rings (SSSR count). The number of carboxylic acids is 1. The fraction of sp³-hybridized carbons (Fsp3) is 0.471. The van der Waals surface area contributed by atoms with E-state index in [1.165, 1.54) is 0 Å². The maximum Gasteiger partial charge on any atom is 0.430 e. The van der Waals surface area contributed by atoms with Crippen molar-refractivity contribution in [2.24, 2.45) is 0 Å². The fourth-order valence-corrected chi connectivity index (χ4v) is 2.80. The number of fused-ring (bicyclic) bond motifs is 1. The Kier molecular flexibility index (Phi) is 4.46. The molecule has 1 unspecified atom stereocenters. The monoisotopic (exact) mass is 328 g/mol. The van der Waals surface area contributed by atoms with Gasteiger partial charge in [-0.15, -0.1) is 0 Å². The van der Waals surface area contributed by atoms with Gasteiger partial charge in [0, 0.05) is 5.56 Å². The number of carbonyl (C=O) groups is 1. The minimum atomic E-state index is -4.78. The molecular weight excluding hydrogens is 309 g/mol. The van der Waals surface area contributed by atoms with E-state index < -0.39 is 23.8 Å². The van der Waals surface area contributed by atoms with E-state index in [-0.39, 0.29) is 11.2 Å². The minimum Gasteiger partial charge on any atom is -0.478 e. The molecule has 0 bridgehead atoms. The van der Waals surface area contributed by atoms with Crippen molar-refractivity contribution in [3.8, 4) is 5.75 Å². The molecule has 0 spiro atoms. The highest BCUT2D eigenvalue weighted by Crippen LogP contribution is 2.40. The van der Waals surface area contributed by atoms with Crippen LogP contribution >= 0.6 is 0 Å². The molecule has 1 aliphatic heterocycles. The second kappa shape index (κ2) is 5.91. The average Bonchev–Trinajstić information content (AvgIpc) is 2.44. The first-order valence-corrected chi connectivity index (χ1v) is 7.39. The number of alkyl halides is 3. The molecule has 1 heterocycles. The SMILES string of the molecule is CCCC(C)(C)c1ccc2c(c1)OC(C(F)(F)F)C(C(=O)O)=C2. The molecule has 1 aromatic carbocycles. The highest BCUT2D eigenvalue weighted by Gasteiger charge is 2.48. The highest BCUT2D eigenvalue weighted by molar-refractivity contribution is 5.95. The van der Waals surface area contributed by atoms with Gasteiger partial charge in [-0.1, -0.05) is 39.3 Å². The summed E-state index contributed by atoms with van der Waals surface area (Å²) >= 11 is 0. The quantitative estimate of drug-likeness (QED) is 0.881. The molecule has 23 heavy (non-hydrogen) atoms. The average molecular weight is 328 g/mol. The maximum absolute atomic E-state index is 13.1. The Balaban J connectivity index is 2.48. The van der Waals surface area contributed by atoms with Gasteiger partial charge in [0.05, 0.1) is 5.57 Å². The van der Waals surface area contributed by atoms with Crippen LogP contribution in [0.3, 0.4) is 0 Å². The third kappa shape index (κ3) is 3.51. The summed E-state index contributed by atoms with van der Waals surface area (Å²) in [5.41, 5.74) is 0.216. The largest absolute Gasteiger partial charge is 0.478 e. The van der Waals surface area contributed by atoms with E-state index in [9.17, 15) is 18.0 Å². The van der Waals surface area contributed by atoms with Crippen molar-refractivity contribution in [3.63, 3.8) is 0 Å². The number of rotatable bonds is 4. The maximum atomic E-state index is 13.1. The summed E-state index contributed by atoms with van der Waals surface area (Å²) in [5.74, 6) is -1.56. The first-order chi connectivity index (χ1) is 10.6. The lowest BCUT2D eigenvalue weighted by atomic mass is 9.80. The van der Waals surface area contributed by atoms with Gasteiger partial charge in [-0.3, -0.25) is 0 Å². The first-order valence-electron chi connectivity index (χ1n) is 7.39. The Hall–Kier alpha value is -1.98. The van der Waals surface area contributed by atoms with E-state index in [0.717, 1.165) is 24.5 Å². The molecule has 0 radical (unpaired) electrons. The molecule has 1 aromatic rings. The van der Waals surface area contributed by atoms with E-state index in [2.05, 4.69) is 0 Å². The summed E-state index contributed by atoms with van der Waals surface area (Å²) in [4.78, 5) is 11.1. The lowest BCUT2D eigenvalue weighted by Crippen LogP contribution is -2.40. The van der Waals surface area contributed by atoms with Crippen LogP contribution in [-0.4, -0.2) is 23.4 Å². The molecule has 126 valence electrons. The van der Waals surface area contributed by atoms with Gasteiger partial charge < -0.3 is 9.84 Å². The number of carboxylic acid groups (broad SMARTS) is 1. The zero-order valence-corrected chi connectivity index (χ0v) is 13.2. The van der Waals surface area contributed by atoms with Crippen molar-refractivity contribution >= 4 is 12.0 Å². The predicted molar refractivity (Wildman–Crippen MR) is 80.5 cm³/mol. The molecule has 0 aromatic heterocycles. The second-order valence-corrected chi connectivity index (χ2v) is 6.33. The third-order valence-corrected chi connectivity index (χ3v) is 4.05. The van der Waals surface area contributed by atoms with Crippen LogP contribution in [0.1, 0.15) is 44.7 Å². The number of hydrogen-bond acceptors (Lipinski definition) is 2. The van der Waals surface area contributed by atoms with E-state index in [4.69, 9.17) is 9.84 Å². The fourth-order valence-electron chi connectivity index (χ4n) is 2.80. The van der Waals surface area contributed by atoms with Crippen molar-refractivity contribution in [1.29, 1.82) is 0 Å². The van der Waals surface area contributed by atoms with Crippen LogP contribution in [0.4, 0.5) is 13.2 Å². The smallest absolute Gasteiger partial charge is 0.430 e. The van der Waals surface area contributed by atoms with Gasteiger partial charge in [0.15, 0.2) is 0 Å². The zero-order chi connectivity index (χ0) is 17.4. The lowest BCUT2D eigenvalue weighted by molar-refractivity contribution is -0.187. The Labute approximate surface area is 132 Å². The number of halogens is 3. The van der Waals surface area contributed by atoms with Crippen LogP contribution in [0, 0.1) is 0 Å². The standard InChI is InChI=1S/C17H19F3O3/c1-4-7-16(2,3)11-6-5-10-8-12(15(21)22)14(17(18,19)20)23-13(10)9-11/h5-6,8-9,14H,4,7H2,1-3H3,(H,21,22). The van der Waals surface area contributed by atoms with Crippen molar-refractivity contribution in [1.82, 2.24) is 0 Å². The zero-order valence-electron chi connectivity index (χ0n) is 13.2. The summed E-state index contributed by atoms with van der Waals surface area (Å²) < 4.78 is 44.2. The molecule has 1 atom stereocenters. The number of hydrogen-bond donors (Lipinski definition) is 1. The van der Waals surface area contributed by atoms with Crippen LogP contribution in [0.25, 0.3) is 6.08 Å². The summed E-state index contributed by atoms with van der Waals surface area (Å²) in [5, 5.41) is 9.00.